The van der Waals surface area contributed by atoms with Crippen LogP contribution < -0.4 is 5.32 Å². The first kappa shape index (κ1) is 23.1. The molecule has 1 atom stereocenters. The van der Waals surface area contributed by atoms with E-state index in [1.165, 1.54) is 5.56 Å². The first-order valence-electron chi connectivity index (χ1n) is 10.3. The molecule has 1 heterocycles. The number of rotatable bonds is 8. The van der Waals surface area contributed by atoms with Crippen LogP contribution in [-0.4, -0.2) is 66.1 Å². The second-order valence-electron chi connectivity index (χ2n) is 8.16. The van der Waals surface area contributed by atoms with Gasteiger partial charge in [0, 0.05) is 36.9 Å². The molecule has 1 aromatic rings. The number of nitrogens with one attached hydrogen (secondary N) is 1. The summed E-state index contributed by atoms with van der Waals surface area (Å²) < 4.78 is 24.1. The van der Waals surface area contributed by atoms with Crippen LogP contribution in [-0.2, 0) is 16.3 Å². The molecule has 0 aliphatic carbocycles. The molecule has 0 radical (unpaired) electrons. The van der Waals surface area contributed by atoms with Crippen LogP contribution in [0.5, 0.6) is 0 Å². The molecule has 28 heavy (non-hydrogen) atoms. The Morgan fingerprint density at radius 2 is 1.75 bits per heavy atom. The van der Waals surface area contributed by atoms with Crippen molar-refractivity contribution in [1.29, 1.82) is 0 Å². The summed E-state index contributed by atoms with van der Waals surface area (Å²) in [5.41, 5.74) is 2.22. The Bertz CT molecular complexity index is 737. The van der Waals surface area contributed by atoms with Crippen molar-refractivity contribution in [3.63, 3.8) is 0 Å². The zero-order valence-corrected chi connectivity index (χ0v) is 19.4. The van der Waals surface area contributed by atoms with Gasteiger partial charge in [-0.1, -0.05) is 19.1 Å². The number of benzene rings is 1. The molecule has 0 saturated carbocycles. The van der Waals surface area contributed by atoms with E-state index in [-0.39, 0.29) is 17.5 Å². The second kappa shape index (κ2) is 10.0. The SMILES string of the molecule is CCc1ccc(NC(=S)N(CCN(C(C)C)C(C)C)[C@@H]2CCS(=O)(=O)C2)cc1. The zero-order valence-electron chi connectivity index (χ0n) is 17.8. The van der Waals surface area contributed by atoms with E-state index in [4.69, 9.17) is 12.2 Å². The molecule has 1 aliphatic rings. The van der Waals surface area contributed by atoms with Gasteiger partial charge in [-0.15, -0.1) is 0 Å². The summed E-state index contributed by atoms with van der Waals surface area (Å²) in [6.07, 6.45) is 1.64. The Labute approximate surface area is 176 Å². The molecule has 2 rings (SSSR count). The van der Waals surface area contributed by atoms with Crippen molar-refractivity contribution in [3.05, 3.63) is 29.8 Å². The van der Waals surface area contributed by atoms with Crippen molar-refractivity contribution in [2.24, 2.45) is 0 Å². The predicted molar refractivity (Wildman–Crippen MR) is 123 cm³/mol. The summed E-state index contributed by atoms with van der Waals surface area (Å²) in [4.78, 5) is 4.50. The van der Waals surface area contributed by atoms with Crippen LogP contribution in [0.1, 0.15) is 46.6 Å². The number of thiocarbonyl (C=S) groups is 1. The van der Waals surface area contributed by atoms with Gasteiger partial charge in [-0.25, -0.2) is 8.42 Å². The molecular formula is C21H35N3O2S2. The van der Waals surface area contributed by atoms with E-state index in [1.807, 2.05) is 12.1 Å². The van der Waals surface area contributed by atoms with Crippen LogP contribution in [0.25, 0.3) is 0 Å². The van der Waals surface area contributed by atoms with Gasteiger partial charge in [-0.2, -0.15) is 0 Å². The van der Waals surface area contributed by atoms with Crippen LogP contribution in [0.4, 0.5) is 5.69 Å². The van der Waals surface area contributed by atoms with Gasteiger partial charge in [0.2, 0.25) is 0 Å². The summed E-state index contributed by atoms with van der Waals surface area (Å²) in [6, 6.07) is 9.05. The lowest BCUT2D eigenvalue weighted by Crippen LogP contribution is -2.49. The van der Waals surface area contributed by atoms with Gasteiger partial charge in [0.25, 0.3) is 0 Å². The second-order valence-corrected chi connectivity index (χ2v) is 10.8. The average molecular weight is 426 g/mol. The quantitative estimate of drug-likeness (QED) is 0.643. The molecule has 0 spiro atoms. The molecule has 0 unspecified atom stereocenters. The smallest absolute Gasteiger partial charge is 0.173 e. The van der Waals surface area contributed by atoms with Gasteiger partial charge in [-0.05, 0) is 70.5 Å². The normalized spacial score (nSPS) is 18.8. The van der Waals surface area contributed by atoms with Crippen molar-refractivity contribution >= 4 is 32.9 Å². The predicted octanol–water partition coefficient (Wildman–Crippen LogP) is 3.55. The number of nitrogens with zero attached hydrogens (tertiary/aromatic N) is 2. The van der Waals surface area contributed by atoms with Crippen LogP contribution in [0.15, 0.2) is 24.3 Å². The molecule has 0 bridgehead atoms. The fourth-order valence-corrected chi connectivity index (χ4v) is 5.92. The number of aryl methyl sites for hydroxylation is 1. The lowest BCUT2D eigenvalue weighted by molar-refractivity contribution is 0.155. The molecular weight excluding hydrogens is 390 g/mol. The van der Waals surface area contributed by atoms with Crippen LogP contribution in [0, 0.1) is 0 Å². The third-order valence-electron chi connectivity index (χ3n) is 5.45. The van der Waals surface area contributed by atoms with Gasteiger partial charge < -0.3 is 10.2 Å². The van der Waals surface area contributed by atoms with Crippen LogP contribution >= 0.6 is 12.2 Å². The Morgan fingerprint density at radius 3 is 2.21 bits per heavy atom. The molecule has 0 amide bonds. The molecule has 0 aromatic heterocycles. The van der Waals surface area contributed by atoms with Crippen molar-refractivity contribution in [2.75, 3.05) is 29.9 Å². The number of hydrogen-bond acceptors (Lipinski definition) is 4. The van der Waals surface area contributed by atoms with Gasteiger partial charge in [0.05, 0.1) is 11.5 Å². The van der Waals surface area contributed by atoms with E-state index in [0.29, 0.717) is 23.6 Å². The maximum Gasteiger partial charge on any atom is 0.173 e. The minimum absolute atomic E-state index is 0.0545. The topological polar surface area (TPSA) is 52.6 Å². The number of hydrogen-bond donors (Lipinski definition) is 1. The molecule has 5 nitrogen and oxygen atoms in total. The van der Waals surface area contributed by atoms with Crippen LogP contribution in [0.3, 0.4) is 0 Å². The lowest BCUT2D eigenvalue weighted by atomic mass is 10.1. The molecule has 7 heteroatoms. The molecule has 1 saturated heterocycles. The van der Waals surface area contributed by atoms with Gasteiger partial charge in [-0.3, -0.25) is 4.90 Å². The number of sulfone groups is 1. The zero-order chi connectivity index (χ0) is 20.9. The largest absolute Gasteiger partial charge is 0.344 e. The minimum Gasteiger partial charge on any atom is -0.344 e. The monoisotopic (exact) mass is 425 g/mol. The standard InChI is InChI=1S/C21H35N3O2S2/c1-6-18-7-9-19(10-8-18)22-21(27)24(20-11-14-28(25,26)15-20)13-12-23(16(2)3)17(4)5/h7-10,16-17,20H,6,11-15H2,1-5H3,(H,22,27)/t20-/m1/s1. The van der Waals surface area contributed by atoms with Gasteiger partial charge in [0.1, 0.15) is 0 Å². The third kappa shape index (κ3) is 6.42. The van der Waals surface area contributed by atoms with Crippen molar-refractivity contribution in [2.45, 2.75) is 65.6 Å². The van der Waals surface area contributed by atoms with Gasteiger partial charge in [0.15, 0.2) is 14.9 Å². The Balaban J connectivity index is 2.13. The van der Waals surface area contributed by atoms with E-state index < -0.39 is 9.84 Å². The Hall–Kier alpha value is -1.18. The molecule has 1 aromatic carbocycles. The fraction of sp³-hybridized carbons (Fsp3) is 0.667. The van der Waals surface area contributed by atoms with E-state index >= 15 is 0 Å². The van der Waals surface area contributed by atoms with E-state index in [1.54, 1.807) is 0 Å². The highest BCUT2D eigenvalue weighted by molar-refractivity contribution is 7.91. The highest BCUT2D eigenvalue weighted by Crippen LogP contribution is 2.20. The van der Waals surface area contributed by atoms with E-state index in [0.717, 1.165) is 25.2 Å². The molecule has 1 aliphatic heterocycles. The van der Waals surface area contributed by atoms with Crippen molar-refractivity contribution in [1.82, 2.24) is 9.80 Å². The van der Waals surface area contributed by atoms with Crippen LogP contribution in [0.2, 0.25) is 0 Å². The van der Waals surface area contributed by atoms with Gasteiger partial charge >= 0.3 is 0 Å². The first-order valence-corrected chi connectivity index (χ1v) is 12.5. The molecule has 1 fully saturated rings. The number of anilines is 1. The van der Waals surface area contributed by atoms with E-state index in [9.17, 15) is 8.42 Å². The highest BCUT2D eigenvalue weighted by atomic mass is 32.2. The lowest BCUT2D eigenvalue weighted by Gasteiger charge is -2.36. The summed E-state index contributed by atoms with van der Waals surface area (Å²) >= 11 is 5.72. The maximum absolute atomic E-state index is 12.1. The maximum atomic E-state index is 12.1. The summed E-state index contributed by atoms with van der Waals surface area (Å²) in [5.74, 6) is 0.438. The Kier molecular flexibility index (Phi) is 8.28. The molecule has 1 N–H and O–H groups in total. The van der Waals surface area contributed by atoms with E-state index in [2.05, 4.69) is 61.9 Å². The minimum atomic E-state index is -2.97. The fourth-order valence-electron chi connectivity index (χ4n) is 3.83. The Morgan fingerprint density at radius 1 is 1.14 bits per heavy atom. The summed E-state index contributed by atoms with van der Waals surface area (Å²) in [5, 5.41) is 3.93. The summed E-state index contributed by atoms with van der Waals surface area (Å²) in [6.45, 7) is 12.5. The van der Waals surface area contributed by atoms with Crippen molar-refractivity contribution < 1.29 is 8.42 Å². The average Bonchev–Trinajstić information content (AvgIpc) is 2.98. The first-order chi connectivity index (χ1) is 13.1. The third-order valence-corrected chi connectivity index (χ3v) is 7.54. The van der Waals surface area contributed by atoms with Crippen molar-refractivity contribution in [3.8, 4) is 0 Å². The highest BCUT2D eigenvalue weighted by Gasteiger charge is 2.33. The summed E-state index contributed by atoms with van der Waals surface area (Å²) in [7, 11) is -2.97. The molecule has 158 valence electrons.